The number of carbonyl (C=O) groups is 3. The topological polar surface area (TPSA) is 210 Å². The molecule has 0 saturated heterocycles. The third kappa shape index (κ3) is 37.0. The van der Waals surface area contributed by atoms with Gasteiger partial charge in [0.05, 0.1) is 12.8 Å². The van der Waals surface area contributed by atoms with Gasteiger partial charge in [-0.05, 0) is 0 Å². The first-order chi connectivity index (χ1) is 7.78. The molecule has 0 aliphatic rings. The van der Waals surface area contributed by atoms with E-state index < -0.39 is 44.2 Å². The number of carboxylic acids is 3. The average Bonchev–Trinajstić information content (AvgIpc) is 1.95. The summed E-state index contributed by atoms with van der Waals surface area (Å²) in [5, 5.41) is 33.8. The van der Waals surface area contributed by atoms with Crippen LogP contribution in [0.5, 0.6) is 0 Å². The molecule has 0 saturated carbocycles. The van der Waals surface area contributed by atoms with Crippen molar-refractivity contribution in [1.82, 2.24) is 0 Å². The molecule has 0 heterocycles. The van der Waals surface area contributed by atoms with Crippen molar-refractivity contribution in [2.45, 2.75) is 18.4 Å². The van der Waals surface area contributed by atoms with E-state index in [0.29, 0.717) is 0 Å². The maximum absolute atomic E-state index is 10.3. The Kier molecular flexibility index (Phi) is 42.9. The van der Waals surface area contributed by atoms with Crippen LogP contribution in [0, 0.1) is 0 Å². The number of rotatable bonds is 5. The van der Waals surface area contributed by atoms with Crippen LogP contribution in [0.25, 0.3) is 0 Å². The first-order valence-corrected chi connectivity index (χ1v) is 5.52. The number of hydrogen-bond donors (Lipinski definition) is 7. The van der Waals surface area contributed by atoms with Gasteiger partial charge in [-0.1, -0.05) is 0 Å². The molecule has 0 fully saturated rings. The zero-order valence-electron chi connectivity index (χ0n) is 8.62. The molecule has 0 aromatic heterocycles. The van der Waals surface area contributed by atoms with Crippen LogP contribution in [-0.4, -0.2) is 206 Å². The average molecular weight is 410 g/mol. The van der Waals surface area contributed by atoms with Gasteiger partial charge in [-0.15, -0.1) is 0 Å². The van der Waals surface area contributed by atoms with Gasteiger partial charge in [-0.2, -0.15) is 0 Å². The van der Waals surface area contributed by atoms with Gasteiger partial charge in [-0.3, -0.25) is 9.59 Å². The van der Waals surface area contributed by atoms with Gasteiger partial charge in [0.25, 0.3) is 0 Å². The summed E-state index contributed by atoms with van der Waals surface area (Å²) >= 11 is 0. The number of phosphoric acid groups is 1. The molecule has 0 spiro atoms. The van der Waals surface area contributed by atoms with Gasteiger partial charge < -0.3 is 35.1 Å². The Hall–Kier alpha value is 3.48. The van der Waals surface area contributed by atoms with Crippen LogP contribution < -0.4 is 0 Å². The molecule has 116 valence electrons. The standard InChI is InChI=1S/C6H8O7.5Na.H3O4P.5H/c7-3(8)1-6(13,5(11)12)2-4(9)10;;;;;;1-5(2,3)4;;;;;/h13H,1-2H2,(H,7,8)(H,9,10)(H,11,12);;;;;;(H3,1,2,3,4);;;;;. The molecule has 0 radical (unpaired) electrons. The van der Waals surface area contributed by atoms with Crippen molar-refractivity contribution in [3.05, 3.63) is 0 Å². The summed E-state index contributed by atoms with van der Waals surface area (Å²) in [7, 11) is -4.64. The molecular formula is C6H16Na5O11P. The Morgan fingerprint density at radius 1 is 0.739 bits per heavy atom. The van der Waals surface area contributed by atoms with E-state index >= 15 is 0 Å². The number of aliphatic carboxylic acids is 3. The molecule has 0 rings (SSSR count). The Morgan fingerprint density at radius 2 is 0.913 bits per heavy atom. The van der Waals surface area contributed by atoms with E-state index in [4.69, 9.17) is 39.7 Å². The van der Waals surface area contributed by atoms with Crippen molar-refractivity contribution < 1.29 is 54.1 Å². The van der Waals surface area contributed by atoms with Crippen molar-refractivity contribution >= 4 is 174 Å². The van der Waals surface area contributed by atoms with E-state index in [1.807, 2.05) is 0 Å². The maximum atomic E-state index is 10.3. The minimum atomic E-state index is -4.64. The Morgan fingerprint density at radius 3 is 1.00 bits per heavy atom. The SMILES string of the molecule is O=C(O)CC(O)(CC(=O)O)C(=O)O.O=P(O)(O)O.[NaH].[NaH].[NaH].[NaH].[NaH]. The van der Waals surface area contributed by atoms with Crippen LogP contribution in [0.2, 0.25) is 0 Å². The summed E-state index contributed by atoms with van der Waals surface area (Å²) < 4.78 is 8.88. The summed E-state index contributed by atoms with van der Waals surface area (Å²) in [6.45, 7) is 0. The van der Waals surface area contributed by atoms with Crippen LogP contribution in [0.3, 0.4) is 0 Å². The summed E-state index contributed by atoms with van der Waals surface area (Å²) in [5.41, 5.74) is -2.74. The fourth-order valence-corrected chi connectivity index (χ4v) is 0.714. The second-order valence-electron chi connectivity index (χ2n) is 2.99. The van der Waals surface area contributed by atoms with E-state index in [2.05, 4.69) is 0 Å². The monoisotopic (exact) mass is 410 g/mol. The van der Waals surface area contributed by atoms with Crippen molar-refractivity contribution in [3.8, 4) is 0 Å². The molecule has 23 heavy (non-hydrogen) atoms. The minimum absolute atomic E-state index is 0. The molecule has 7 N–H and O–H groups in total. The predicted octanol–water partition coefficient (Wildman–Crippen LogP) is -5.42. The van der Waals surface area contributed by atoms with Crippen LogP contribution >= 0.6 is 7.82 Å². The zero-order chi connectivity index (χ0) is 15.1. The summed E-state index contributed by atoms with van der Waals surface area (Å²) in [4.78, 5) is 52.0. The van der Waals surface area contributed by atoms with Crippen LogP contribution in [0.4, 0.5) is 0 Å². The Labute approximate surface area is 241 Å². The number of carboxylic acid groups (broad SMARTS) is 3. The molecule has 0 aromatic carbocycles. The first-order valence-electron chi connectivity index (χ1n) is 3.95. The molecule has 11 nitrogen and oxygen atoms in total. The summed E-state index contributed by atoms with van der Waals surface area (Å²) in [5.74, 6) is -5.02. The quantitative estimate of drug-likeness (QED) is 0.168. The van der Waals surface area contributed by atoms with Gasteiger partial charge in [-0.25, -0.2) is 9.36 Å². The fraction of sp³-hybridized carbons (Fsp3) is 0.500. The van der Waals surface area contributed by atoms with Crippen molar-refractivity contribution in [2.75, 3.05) is 0 Å². The van der Waals surface area contributed by atoms with Gasteiger partial charge >= 0.3 is 174 Å². The Bertz CT molecular complexity index is 361. The fourth-order valence-electron chi connectivity index (χ4n) is 0.714. The summed E-state index contributed by atoms with van der Waals surface area (Å²) in [6, 6.07) is 0. The third-order valence-electron chi connectivity index (χ3n) is 1.29. The molecule has 0 aliphatic heterocycles. The van der Waals surface area contributed by atoms with Gasteiger partial charge in [0.1, 0.15) is 0 Å². The van der Waals surface area contributed by atoms with Crippen LogP contribution in [0.15, 0.2) is 0 Å². The zero-order valence-corrected chi connectivity index (χ0v) is 9.52. The molecule has 0 bridgehead atoms. The van der Waals surface area contributed by atoms with Crippen molar-refractivity contribution in [3.63, 3.8) is 0 Å². The third-order valence-corrected chi connectivity index (χ3v) is 1.29. The molecule has 0 aliphatic carbocycles. The molecule has 0 aromatic rings. The van der Waals surface area contributed by atoms with Gasteiger partial charge in [0.15, 0.2) is 5.60 Å². The second-order valence-corrected chi connectivity index (χ2v) is 4.02. The summed E-state index contributed by atoms with van der Waals surface area (Å²) in [6.07, 6.45) is -2.29. The van der Waals surface area contributed by atoms with Crippen LogP contribution in [-0.2, 0) is 18.9 Å². The van der Waals surface area contributed by atoms with Gasteiger partial charge in [0.2, 0.25) is 0 Å². The Balaban J connectivity index is -0.0000000455. The van der Waals surface area contributed by atoms with Crippen molar-refractivity contribution in [2.24, 2.45) is 0 Å². The number of aliphatic hydroxyl groups is 1. The van der Waals surface area contributed by atoms with Crippen molar-refractivity contribution in [1.29, 1.82) is 0 Å². The first kappa shape index (κ1) is 45.3. The van der Waals surface area contributed by atoms with Crippen LogP contribution in [0.1, 0.15) is 12.8 Å². The number of hydrogen-bond acceptors (Lipinski definition) is 5. The molecule has 0 unspecified atom stereocenters. The molecule has 0 amide bonds. The van der Waals surface area contributed by atoms with E-state index in [1.165, 1.54) is 0 Å². The second kappa shape index (κ2) is 21.8. The predicted molar refractivity (Wildman–Crippen MR) is 87.1 cm³/mol. The van der Waals surface area contributed by atoms with Gasteiger partial charge in [0, 0.05) is 0 Å². The molecule has 0 atom stereocenters. The van der Waals surface area contributed by atoms with E-state index in [-0.39, 0.29) is 148 Å². The van der Waals surface area contributed by atoms with E-state index in [1.54, 1.807) is 0 Å². The van der Waals surface area contributed by atoms with E-state index in [0.717, 1.165) is 0 Å². The van der Waals surface area contributed by atoms with E-state index in [9.17, 15) is 14.4 Å². The normalized spacial score (nSPS) is 8.70. The molecular weight excluding hydrogens is 394 g/mol. The molecule has 17 heteroatoms.